The zero-order chi connectivity index (χ0) is 11.8. The van der Waals surface area contributed by atoms with Gasteiger partial charge >= 0.3 is 0 Å². The molecule has 1 aromatic heterocycles. The summed E-state index contributed by atoms with van der Waals surface area (Å²) in [5.41, 5.74) is 4.64. The molecule has 0 unspecified atom stereocenters. The lowest BCUT2D eigenvalue weighted by atomic mass is 9.93. The van der Waals surface area contributed by atoms with Crippen LogP contribution in [0.4, 0.5) is 5.95 Å². The molecule has 0 radical (unpaired) electrons. The van der Waals surface area contributed by atoms with Crippen LogP contribution in [0.5, 0.6) is 5.75 Å². The Hall–Kier alpha value is -1.75. The van der Waals surface area contributed by atoms with Crippen LogP contribution in [0.2, 0.25) is 0 Å². The fourth-order valence-electron chi connectivity index (χ4n) is 2.37. The van der Waals surface area contributed by atoms with Crippen LogP contribution in [-0.2, 0) is 0 Å². The molecular formula is C12H16N4O. The van der Waals surface area contributed by atoms with Crippen LogP contribution in [0.3, 0.4) is 0 Å². The third-order valence-electron chi connectivity index (χ3n) is 3.47. The molecule has 17 heavy (non-hydrogen) atoms. The average Bonchev–Trinajstić information content (AvgIpc) is 2.66. The Morgan fingerprint density at radius 2 is 2.29 bits per heavy atom. The highest BCUT2D eigenvalue weighted by atomic mass is 16.5. The molecular weight excluding hydrogens is 216 g/mol. The fourth-order valence-corrected chi connectivity index (χ4v) is 2.37. The minimum atomic E-state index is 0.512. The van der Waals surface area contributed by atoms with Crippen LogP contribution in [0.25, 0.3) is 11.0 Å². The number of anilines is 1. The smallest absolute Gasteiger partial charge is 0.218 e. The largest absolute Gasteiger partial charge is 0.494 e. The summed E-state index contributed by atoms with van der Waals surface area (Å²) in [4.78, 5) is 4.51. The zero-order valence-corrected chi connectivity index (χ0v) is 9.81. The molecule has 3 N–H and O–H groups in total. The number of nitrogens with one attached hydrogen (secondary N) is 1. The number of rotatable bonds is 3. The number of nitrogens with two attached hydrogens (primary N) is 1. The van der Waals surface area contributed by atoms with Crippen LogP contribution in [-0.4, -0.2) is 16.7 Å². The predicted molar refractivity (Wildman–Crippen MR) is 67.0 cm³/mol. The van der Waals surface area contributed by atoms with E-state index in [-0.39, 0.29) is 0 Å². The summed E-state index contributed by atoms with van der Waals surface area (Å²) >= 11 is 0. The van der Waals surface area contributed by atoms with E-state index in [2.05, 4.69) is 21.0 Å². The Morgan fingerprint density at radius 3 is 2.88 bits per heavy atom. The number of hydrogen-bond acceptors (Lipinski definition) is 4. The highest BCUT2D eigenvalue weighted by molar-refractivity contribution is 5.84. The minimum absolute atomic E-state index is 0.512. The molecule has 5 nitrogen and oxygen atoms in total. The lowest BCUT2D eigenvalue weighted by Gasteiger charge is -2.28. The molecule has 0 amide bonds. The van der Waals surface area contributed by atoms with Gasteiger partial charge in [0, 0.05) is 6.04 Å². The molecule has 0 aliphatic heterocycles. The average molecular weight is 232 g/mol. The molecule has 1 saturated carbocycles. The van der Waals surface area contributed by atoms with Gasteiger partial charge in [0.25, 0.3) is 0 Å². The number of hydrogen-bond donors (Lipinski definition) is 2. The number of fused-ring (bicyclic) bond motifs is 1. The molecule has 0 saturated heterocycles. The van der Waals surface area contributed by atoms with Crippen molar-refractivity contribution >= 4 is 17.0 Å². The van der Waals surface area contributed by atoms with Crippen molar-refractivity contribution in [1.29, 1.82) is 0 Å². The van der Waals surface area contributed by atoms with E-state index < -0.39 is 0 Å². The van der Waals surface area contributed by atoms with E-state index >= 15 is 0 Å². The number of methoxy groups -OCH3 is 1. The Morgan fingerprint density at radius 1 is 1.47 bits per heavy atom. The van der Waals surface area contributed by atoms with E-state index in [1.165, 1.54) is 19.3 Å². The normalized spacial score (nSPS) is 15.9. The SMILES string of the molecule is COc1cccc2c1nc(NN)n2C1CCC1. The van der Waals surface area contributed by atoms with Gasteiger partial charge in [0.1, 0.15) is 11.3 Å². The molecule has 0 spiro atoms. The van der Waals surface area contributed by atoms with E-state index in [0.29, 0.717) is 12.0 Å². The second-order valence-corrected chi connectivity index (χ2v) is 4.36. The Labute approximate surface area is 99.5 Å². The maximum Gasteiger partial charge on any atom is 0.218 e. The second-order valence-electron chi connectivity index (χ2n) is 4.36. The third-order valence-corrected chi connectivity index (χ3v) is 3.47. The first-order valence-corrected chi connectivity index (χ1v) is 5.86. The summed E-state index contributed by atoms with van der Waals surface area (Å²) in [7, 11) is 1.66. The first-order valence-electron chi connectivity index (χ1n) is 5.86. The van der Waals surface area contributed by atoms with Crippen molar-refractivity contribution in [3.63, 3.8) is 0 Å². The third kappa shape index (κ3) is 1.46. The van der Waals surface area contributed by atoms with Gasteiger partial charge < -0.3 is 9.30 Å². The van der Waals surface area contributed by atoms with E-state index in [1.54, 1.807) is 7.11 Å². The number of nitrogen functional groups attached to an aromatic ring is 1. The lowest BCUT2D eigenvalue weighted by molar-refractivity contribution is 0.323. The number of aromatic nitrogens is 2. The summed E-state index contributed by atoms with van der Waals surface area (Å²) in [6, 6.07) is 6.47. The quantitative estimate of drug-likeness (QED) is 0.628. The van der Waals surface area contributed by atoms with Gasteiger partial charge in [-0.3, -0.25) is 5.43 Å². The Bertz CT molecular complexity index is 545. The summed E-state index contributed by atoms with van der Waals surface area (Å²) in [5.74, 6) is 7.05. The second kappa shape index (κ2) is 3.92. The minimum Gasteiger partial charge on any atom is -0.494 e. The van der Waals surface area contributed by atoms with Gasteiger partial charge in [0.15, 0.2) is 0 Å². The Balaban J connectivity index is 2.23. The number of para-hydroxylation sites is 1. The molecule has 1 fully saturated rings. The highest BCUT2D eigenvalue weighted by Crippen LogP contribution is 2.38. The number of hydrazine groups is 1. The van der Waals surface area contributed by atoms with Crippen LogP contribution in [0.15, 0.2) is 18.2 Å². The summed E-state index contributed by atoms with van der Waals surface area (Å²) in [6.07, 6.45) is 3.66. The van der Waals surface area contributed by atoms with Gasteiger partial charge in [-0.1, -0.05) is 6.07 Å². The molecule has 1 heterocycles. The number of nitrogens with zero attached hydrogens (tertiary/aromatic N) is 2. The van der Waals surface area contributed by atoms with E-state index in [4.69, 9.17) is 10.6 Å². The molecule has 3 rings (SSSR count). The number of benzene rings is 1. The molecule has 0 atom stereocenters. The van der Waals surface area contributed by atoms with Crippen molar-refractivity contribution in [3.05, 3.63) is 18.2 Å². The number of imidazole rings is 1. The van der Waals surface area contributed by atoms with Crippen molar-refractivity contribution in [2.24, 2.45) is 5.84 Å². The van der Waals surface area contributed by atoms with E-state index in [9.17, 15) is 0 Å². The maximum absolute atomic E-state index is 5.55. The van der Waals surface area contributed by atoms with Crippen molar-refractivity contribution < 1.29 is 4.74 Å². The van der Waals surface area contributed by atoms with Gasteiger partial charge in [-0.25, -0.2) is 10.8 Å². The van der Waals surface area contributed by atoms with Crippen molar-refractivity contribution in [2.75, 3.05) is 12.5 Å². The van der Waals surface area contributed by atoms with E-state index in [1.807, 2.05) is 12.1 Å². The number of ether oxygens (including phenoxy) is 1. The molecule has 1 aliphatic carbocycles. The van der Waals surface area contributed by atoms with Crippen molar-refractivity contribution in [3.8, 4) is 5.75 Å². The van der Waals surface area contributed by atoms with Crippen LogP contribution in [0, 0.1) is 0 Å². The molecule has 1 aromatic carbocycles. The standard InChI is InChI=1S/C12H16N4O/c1-17-10-7-3-6-9-11(10)14-12(15-13)16(9)8-4-2-5-8/h3,6-8H,2,4-5,13H2,1H3,(H,14,15). The molecule has 90 valence electrons. The summed E-state index contributed by atoms with van der Waals surface area (Å²) in [5, 5.41) is 0. The van der Waals surface area contributed by atoms with Crippen LogP contribution in [0.1, 0.15) is 25.3 Å². The van der Waals surface area contributed by atoms with Gasteiger partial charge in [-0.2, -0.15) is 0 Å². The summed E-state index contributed by atoms with van der Waals surface area (Å²) in [6.45, 7) is 0. The molecule has 2 aromatic rings. The summed E-state index contributed by atoms with van der Waals surface area (Å²) < 4.78 is 7.51. The van der Waals surface area contributed by atoms with E-state index in [0.717, 1.165) is 16.8 Å². The van der Waals surface area contributed by atoms with Gasteiger partial charge in [-0.15, -0.1) is 0 Å². The van der Waals surface area contributed by atoms with Gasteiger partial charge in [0.2, 0.25) is 5.95 Å². The maximum atomic E-state index is 5.55. The monoisotopic (exact) mass is 232 g/mol. The van der Waals surface area contributed by atoms with Crippen LogP contribution < -0.4 is 16.0 Å². The van der Waals surface area contributed by atoms with Crippen molar-refractivity contribution in [1.82, 2.24) is 9.55 Å². The molecule has 5 heteroatoms. The molecule has 1 aliphatic rings. The van der Waals surface area contributed by atoms with Gasteiger partial charge in [-0.05, 0) is 31.4 Å². The molecule has 0 bridgehead atoms. The zero-order valence-electron chi connectivity index (χ0n) is 9.81. The first kappa shape index (κ1) is 10.4. The topological polar surface area (TPSA) is 65.1 Å². The van der Waals surface area contributed by atoms with Gasteiger partial charge in [0.05, 0.1) is 12.6 Å². The predicted octanol–water partition coefficient (Wildman–Crippen LogP) is 2.06. The van der Waals surface area contributed by atoms with Crippen molar-refractivity contribution in [2.45, 2.75) is 25.3 Å². The highest BCUT2D eigenvalue weighted by Gasteiger charge is 2.25. The first-order chi connectivity index (χ1) is 8.35. The Kier molecular flexibility index (Phi) is 2.40. The fraction of sp³-hybridized carbons (Fsp3) is 0.417. The lowest BCUT2D eigenvalue weighted by Crippen LogP contribution is -2.21. The van der Waals surface area contributed by atoms with Crippen LogP contribution >= 0.6 is 0 Å².